The average molecular weight is 273 g/mol. The number of ether oxygens (including phenoxy) is 1. The number of rotatable bonds is 2. The number of nitrogens with two attached hydrogens (primary N) is 1. The average Bonchev–Trinajstić information content (AvgIpc) is 2.96. The van der Waals surface area contributed by atoms with Crippen molar-refractivity contribution in [2.45, 2.75) is 31.9 Å². The van der Waals surface area contributed by atoms with Crippen molar-refractivity contribution >= 4 is 22.5 Å². The summed E-state index contributed by atoms with van der Waals surface area (Å²) < 4.78 is 5.54. The molecule has 0 aliphatic carbocycles. The molecule has 2 unspecified atom stereocenters. The molecule has 4 N–H and O–H groups in total. The quantitative estimate of drug-likeness (QED) is 0.733. The van der Waals surface area contributed by atoms with Crippen LogP contribution in [0.25, 0.3) is 10.9 Å². The van der Waals surface area contributed by atoms with E-state index >= 15 is 0 Å². The molecule has 1 aromatic heterocycles. The van der Waals surface area contributed by atoms with E-state index in [9.17, 15) is 4.79 Å². The lowest BCUT2D eigenvalue weighted by Crippen LogP contribution is -2.50. The van der Waals surface area contributed by atoms with E-state index in [2.05, 4.69) is 10.3 Å². The number of carbonyl (C=O) groups excluding carboxylic acids is 1. The van der Waals surface area contributed by atoms with Crippen molar-refractivity contribution in [2.75, 3.05) is 12.3 Å². The second-order valence-electron chi connectivity index (χ2n) is 5.63. The first-order valence-electron chi connectivity index (χ1n) is 6.81. The minimum atomic E-state index is -0.320. The number of fused-ring (bicyclic) bond motifs is 1. The second-order valence-corrected chi connectivity index (χ2v) is 5.63. The lowest BCUT2D eigenvalue weighted by Gasteiger charge is -2.28. The number of carbonyl (C=O) groups is 1. The molecule has 0 saturated carbocycles. The van der Waals surface area contributed by atoms with Crippen molar-refractivity contribution in [3.05, 3.63) is 30.0 Å². The monoisotopic (exact) mass is 273 g/mol. The van der Waals surface area contributed by atoms with Gasteiger partial charge in [-0.15, -0.1) is 0 Å². The minimum absolute atomic E-state index is 0.0147. The van der Waals surface area contributed by atoms with Gasteiger partial charge in [0.25, 0.3) is 5.91 Å². The van der Waals surface area contributed by atoms with Crippen molar-refractivity contribution in [3.63, 3.8) is 0 Å². The maximum Gasteiger partial charge on any atom is 0.268 e. The predicted octanol–water partition coefficient (Wildman–Crippen LogP) is 2.05. The van der Waals surface area contributed by atoms with E-state index < -0.39 is 0 Å². The summed E-state index contributed by atoms with van der Waals surface area (Å²) in [6, 6.07) is 7.45. The summed E-state index contributed by atoms with van der Waals surface area (Å²) in [5.74, 6) is -0.125. The van der Waals surface area contributed by atoms with Crippen molar-refractivity contribution in [3.8, 4) is 0 Å². The molecule has 106 valence electrons. The first-order valence-corrected chi connectivity index (χ1v) is 6.81. The van der Waals surface area contributed by atoms with E-state index in [0.29, 0.717) is 18.0 Å². The number of anilines is 1. The van der Waals surface area contributed by atoms with Crippen LogP contribution >= 0.6 is 0 Å². The van der Waals surface area contributed by atoms with Crippen LogP contribution in [-0.2, 0) is 4.74 Å². The third kappa shape index (κ3) is 2.04. The predicted molar refractivity (Wildman–Crippen MR) is 78.6 cm³/mol. The molecule has 0 spiro atoms. The molecule has 1 aromatic carbocycles. The first kappa shape index (κ1) is 13.0. The highest BCUT2D eigenvalue weighted by Gasteiger charge is 2.38. The maximum absolute atomic E-state index is 12.4. The molecule has 2 heterocycles. The largest absolute Gasteiger partial charge is 0.397 e. The third-order valence-electron chi connectivity index (χ3n) is 4.22. The van der Waals surface area contributed by atoms with Gasteiger partial charge in [0.05, 0.1) is 22.8 Å². The van der Waals surface area contributed by atoms with Crippen LogP contribution < -0.4 is 11.1 Å². The normalized spacial score (nSPS) is 26.0. The van der Waals surface area contributed by atoms with Crippen molar-refractivity contribution in [1.29, 1.82) is 0 Å². The lowest BCUT2D eigenvalue weighted by molar-refractivity contribution is 0.0724. The third-order valence-corrected chi connectivity index (χ3v) is 4.22. The summed E-state index contributed by atoms with van der Waals surface area (Å²) >= 11 is 0. The zero-order chi connectivity index (χ0) is 14.3. The molecule has 1 aliphatic rings. The standard InChI is InChI=1S/C15H19N3O2/c1-9-15(2,6-7-20-9)18-14(19)12-8-10-4-3-5-11(16)13(10)17-12/h3-5,8-9,17H,6-7,16H2,1-2H3,(H,18,19). The molecule has 0 bridgehead atoms. The summed E-state index contributed by atoms with van der Waals surface area (Å²) in [4.78, 5) is 15.5. The van der Waals surface area contributed by atoms with Crippen LogP contribution in [0.15, 0.2) is 24.3 Å². The Bertz CT molecular complexity index is 664. The molecular weight excluding hydrogens is 254 g/mol. The van der Waals surface area contributed by atoms with Crippen LogP contribution in [0, 0.1) is 0 Å². The number of hydrogen-bond donors (Lipinski definition) is 3. The molecule has 1 fully saturated rings. The van der Waals surface area contributed by atoms with Crippen LogP contribution in [0.1, 0.15) is 30.8 Å². The smallest absolute Gasteiger partial charge is 0.268 e. The van der Waals surface area contributed by atoms with Crippen molar-refractivity contribution < 1.29 is 9.53 Å². The number of para-hydroxylation sites is 1. The van der Waals surface area contributed by atoms with Gasteiger partial charge in [-0.25, -0.2) is 0 Å². The van der Waals surface area contributed by atoms with E-state index in [4.69, 9.17) is 10.5 Å². The summed E-state index contributed by atoms with van der Waals surface area (Å²) in [6.45, 7) is 4.67. The molecule has 1 aliphatic heterocycles. The van der Waals surface area contributed by atoms with Crippen LogP contribution in [0.2, 0.25) is 0 Å². The Morgan fingerprint density at radius 3 is 3.00 bits per heavy atom. The number of aromatic amines is 1. The Morgan fingerprint density at radius 1 is 1.55 bits per heavy atom. The summed E-state index contributed by atoms with van der Waals surface area (Å²) in [5, 5.41) is 4.01. The fourth-order valence-corrected chi connectivity index (χ4v) is 2.63. The maximum atomic E-state index is 12.4. The van der Waals surface area contributed by atoms with Crippen molar-refractivity contribution in [1.82, 2.24) is 10.3 Å². The highest BCUT2D eigenvalue weighted by atomic mass is 16.5. The summed E-state index contributed by atoms with van der Waals surface area (Å²) in [6.07, 6.45) is 0.836. The number of nitrogen functional groups attached to an aromatic ring is 1. The van der Waals surface area contributed by atoms with Gasteiger partial charge in [0, 0.05) is 12.0 Å². The number of hydrogen-bond acceptors (Lipinski definition) is 3. The first-order chi connectivity index (χ1) is 9.49. The Balaban J connectivity index is 1.87. The molecule has 0 radical (unpaired) electrons. The molecule has 5 nitrogen and oxygen atoms in total. The van der Waals surface area contributed by atoms with Gasteiger partial charge in [-0.2, -0.15) is 0 Å². The fraction of sp³-hybridized carbons (Fsp3) is 0.400. The lowest BCUT2D eigenvalue weighted by atomic mass is 9.94. The van der Waals surface area contributed by atoms with Gasteiger partial charge in [-0.3, -0.25) is 4.79 Å². The molecule has 2 atom stereocenters. The number of benzene rings is 1. The van der Waals surface area contributed by atoms with Crippen LogP contribution in [0.5, 0.6) is 0 Å². The molecule has 5 heteroatoms. The highest BCUT2D eigenvalue weighted by Crippen LogP contribution is 2.26. The van der Waals surface area contributed by atoms with E-state index in [1.54, 1.807) is 0 Å². The van der Waals surface area contributed by atoms with E-state index in [-0.39, 0.29) is 17.6 Å². The second kappa shape index (κ2) is 4.52. The molecule has 20 heavy (non-hydrogen) atoms. The fourth-order valence-electron chi connectivity index (χ4n) is 2.63. The van der Waals surface area contributed by atoms with Gasteiger partial charge in [0.15, 0.2) is 0 Å². The number of nitrogens with one attached hydrogen (secondary N) is 2. The Morgan fingerprint density at radius 2 is 2.35 bits per heavy atom. The molecule has 2 aromatic rings. The Kier molecular flexibility index (Phi) is 2.94. The van der Waals surface area contributed by atoms with Crippen LogP contribution in [0.4, 0.5) is 5.69 Å². The number of aromatic nitrogens is 1. The Labute approximate surface area is 117 Å². The zero-order valence-corrected chi connectivity index (χ0v) is 11.7. The summed E-state index contributed by atoms with van der Waals surface area (Å²) in [7, 11) is 0. The van der Waals surface area contributed by atoms with Gasteiger partial charge in [0.1, 0.15) is 5.69 Å². The van der Waals surface area contributed by atoms with Crippen molar-refractivity contribution in [2.24, 2.45) is 0 Å². The molecule has 1 saturated heterocycles. The molecule has 1 amide bonds. The number of H-pyrrole nitrogens is 1. The van der Waals surface area contributed by atoms with E-state index in [1.807, 2.05) is 38.1 Å². The van der Waals surface area contributed by atoms with Crippen LogP contribution in [0.3, 0.4) is 0 Å². The SMILES string of the molecule is CC1OCCC1(C)NC(=O)c1cc2cccc(N)c2[nH]1. The van der Waals surface area contributed by atoms with Gasteiger partial charge in [-0.1, -0.05) is 12.1 Å². The topological polar surface area (TPSA) is 80.1 Å². The molecule has 3 rings (SSSR count). The highest BCUT2D eigenvalue weighted by molar-refractivity contribution is 6.01. The number of amides is 1. The van der Waals surface area contributed by atoms with Gasteiger partial charge in [-0.05, 0) is 32.4 Å². The van der Waals surface area contributed by atoms with E-state index in [0.717, 1.165) is 17.3 Å². The molecular formula is C15H19N3O2. The van der Waals surface area contributed by atoms with Crippen LogP contribution in [-0.4, -0.2) is 29.1 Å². The minimum Gasteiger partial charge on any atom is -0.397 e. The summed E-state index contributed by atoms with van der Waals surface area (Å²) in [5.41, 5.74) is 7.55. The zero-order valence-electron chi connectivity index (χ0n) is 11.7. The van der Waals surface area contributed by atoms with Gasteiger partial charge < -0.3 is 20.8 Å². The van der Waals surface area contributed by atoms with Gasteiger partial charge in [0.2, 0.25) is 0 Å². The van der Waals surface area contributed by atoms with E-state index in [1.165, 1.54) is 0 Å². The van der Waals surface area contributed by atoms with Gasteiger partial charge >= 0.3 is 0 Å². The Hall–Kier alpha value is -2.01.